The fourth-order valence-electron chi connectivity index (χ4n) is 2.79. The number of nitro groups is 1. The highest BCUT2D eigenvalue weighted by molar-refractivity contribution is 7.14. The summed E-state index contributed by atoms with van der Waals surface area (Å²) in [6.07, 6.45) is 5.35. The summed E-state index contributed by atoms with van der Waals surface area (Å²) < 4.78 is 0. The van der Waals surface area contributed by atoms with E-state index in [1.54, 1.807) is 12.1 Å². The van der Waals surface area contributed by atoms with Gasteiger partial charge in [0.05, 0.1) is 10.6 Å². The maximum Gasteiger partial charge on any atom is 0.269 e. The molecule has 1 N–H and O–H groups in total. The number of carbonyl (C=O) groups is 1. The van der Waals surface area contributed by atoms with E-state index in [0.29, 0.717) is 10.8 Å². The zero-order valence-electron chi connectivity index (χ0n) is 12.5. The number of nitrogens with zero attached hydrogens (tertiary/aromatic N) is 2. The summed E-state index contributed by atoms with van der Waals surface area (Å²) in [5.41, 5.74) is 1.56. The van der Waals surface area contributed by atoms with Crippen LogP contribution in [0.15, 0.2) is 29.6 Å². The molecule has 1 aliphatic rings. The topological polar surface area (TPSA) is 85.1 Å². The molecule has 1 aromatic heterocycles. The fourth-order valence-corrected chi connectivity index (χ4v) is 3.51. The second-order valence-electron chi connectivity index (χ2n) is 5.67. The van der Waals surface area contributed by atoms with E-state index < -0.39 is 4.92 Å². The van der Waals surface area contributed by atoms with Gasteiger partial charge in [0.1, 0.15) is 0 Å². The van der Waals surface area contributed by atoms with Crippen LogP contribution in [0.5, 0.6) is 0 Å². The van der Waals surface area contributed by atoms with E-state index >= 15 is 0 Å². The molecule has 0 radical (unpaired) electrons. The molecule has 1 saturated carbocycles. The highest BCUT2D eigenvalue weighted by Gasteiger charge is 2.22. The molecular formula is C16H17N3O3S. The molecule has 0 bridgehead atoms. The summed E-state index contributed by atoms with van der Waals surface area (Å²) in [6, 6.07) is 6.24. The molecule has 0 aliphatic heterocycles. The fraction of sp³-hybridized carbons (Fsp3) is 0.375. The molecule has 7 heteroatoms. The van der Waals surface area contributed by atoms with E-state index in [4.69, 9.17) is 0 Å². The molecule has 1 aromatic carbocycles. The van der Waals surface area contributed by atoms with Crippen LogP contribution in [0, 0.1) is 16.0 Å². The van der Waals surface area contributed by atoms with Gasteiger partial charge in [-0.05, 0) is 25.0 Å². The molecule has 0 saturated heterocycles. The highest BCUT2D eigenvalue weighted by atomic mass is 32.1. The SMILES string of the molecule is O=C(Nc1nc(-c2ccc([N+](=O)[O-])cc2)cs1)C1CCCCC1. The zero-order valence-corrected chi connectivity index (χ0v) is 13.3. The Kier molecular flexibility index (Phi) is 4.66. The first-order valence-corrected chi connectivity index (χ1v) is 8.52. The normalized spacial score (nSPS) is 15.3. The molecule has 6 nitrogen and oxygen atoms in total. The Morgan fingerprint density at radius 1 is 1.22 bits per heavy atom. The monoisotopic (exact) mass is 331 g/mol. The molecule has 2 aromatic rings. The molecule has 1 amide bonds. The van der Waals surface area contributed by atoms with Crippen molar-refractivity contribution in [1.29, 1.82) is 0 Å². The van der Waals surface area contributed by atoms with Gasteiger partial charge in [-0.1, -0.05) is 19.3 Å². The van der Waals surface area contributed by atoms with E-state index in [1.807, 2.05) is 5.38 Å². The molecule has 1 heterocycles. The Morgan fingerprint density at radius 2 is 1.91 bits per heavy atom. The van der Waals surface area contributed by atoms with Gasteiger partial charge in [0, 0.05) is 29.0 Å². The Hall–Kier alpha value is -2.28. The summed E-state index contributed by atoms with van der Waals surface area (Å²) in [6.45, 7) is 0. The van der Waals surface area contributed by atoms with Gasteiger partial charge >= 0.3 is 0 Å². The number of thiazole rings is 1. The van der Waals surface area contributed by atoms with Crippen LogP contribution in [0.2, 0.25) is 0 Å². The first kappa shape index (κ1) is 15.6. The van der Waals surface area contributed by atoms with E-state index in [-0.39, 0.29) is 17.5 Å². The van der Waals surface area contributed by atoms with Crippen LogP contribution in [0.3, 0.4) is 0 Å². The number of anilines is 1. The molecule has 0 unspecified atom stereocenters. The van der Waals surface area contributed by atoms with Crippen molar-refractivity contribution >= 4 is 28.1 Å². The number of benzene rings is 1. The molecule has 1 aliphatic carbocycles. The van der Waals surface area contributed by atoms with E-state index in [2.05, 4.69) is 10.3 Å². The molecule has 0 spiro atoms. The van der Waals surface area contributed by atoms with Crippen LogP contribution < -0.4 is 5.32 Å². The minimum atomic E-state index is -0.430. The van der Waals surface area contributed by atoms with Crippen molar-refractivity contribution in [3.8, 4) is 11.3 Å². The minimum Gasteiger partial charge on any atom is -0.302 e. The number of non-ortho nitro benzene ring substituents is 1. The smallest absolute Gasteiger partial charge is 0.269 e. The summed E-state index contributed by atoms with van der Waals surface area (Å²) in [4.78, 5) is 26.9. The van der Waals surface area contributed by atoms with Gasteiger partial charge in [-0.2, -0.15) is 0 Å². The van der Waals surface area contributed by atoms with E-state index in [9.17, 15) is 14.9 Å². The maximum atomic E-state index is 12.2. The number of hydrogen-bond acceptors (Lipinski definition) is 5. The standard InChI is InChI=1S/C16H17N3O3S/c20-15(12-4-2-1-3-5-12)18-16-17-14(10-23-16)11-6-8-13(9-7-11)19(21)22/h6-10,12H,1-5H2,(H,17,18,20). The number of rotatable bonds is 4. The Bertz CT molecular complexity index is 706. The number of nitrogens with one attached hydrogen (secondary N) is 1. The maximum absolute atomic E-state index is 12.2. The van der Waals surface area contributed by atoms with E-state index in [1.165, 1.54) is 29.9 Å². The molecule has 0 atom stereocenters. The second kappa shape index (κ2) is 6.87. The van der Waals surface area contributed by atoms with Crippen LogP contribution in [0.4, 0.5) is 10.8 Å². The van der Waals surface area contributed by atoms with Gasteiger partial charge in [0.25, 0.3) is 5.69 Å². The largest absolute Gasteiger partial charge is 0.302 e. The molecule has 3 rings (SSSR count). The van der Waals surface area contributed by atoms with Gasteiger partial charge in [-0.15, -0.1) is 11.3 Å². The van der Waals surface area contributed by atoms with Crippen LogP contribution in [0.25, 0.3) is 11.3 Å². The van der Waals surface area contributed by atoms with Gasteiger partial charge < -0.3 is 5.32 Å². The predicted molar refractivity (Wildman–Crippen MR) is 89.4 cm³/mol. The lowest BCUT2D eigenvalue weighted by molar-refractivity contribution is -0.384. The number of nitro benzene ring substituents is 1. The van der Waals surface area contributed by atoms with Gasteiger partial charge in [-0.3, -0.25) is 14.9 Å². The van der Waals surface area contributed by atoms with Crippen molar-refractivity contribution in [2.45, 2.75) is 32.1 Å². The van der Waals surface area contributed by atoms with Crippen molar-refractivity contribution in [3.05, 3.63) is 39.8 Å². The summed E-state index contributed by atoms with van der Waals surface area (Å²) in [5, 5.41) is 16.0. The van der Waals surface area contributed by atoms with Crippen molar-refractivity contribution in [3.63, 3.8) is 0 Å². The summed E-state index contributed by atoms with van der Waals surface area (Å²) in [5.74, 6) is 0.143. The predicted octanol–water partition coefficient (Wildman–Crippen LogP) is 4.24. The summed E-state index contributed by atoms with van der Waals surface area (Å²) >= 11 is 1.37. The van der Waals surface area contributed by atoms with Gasteiger partial charge in [0.15, 0.2) is 5.13 Å². The van der Waals surface area contributed by atoms with Crippen molar-refractivity contribution in [2.24, 2.45) is 5.92 Å². The number of carbonyl (C=O) groups excluding carboxylic acids is 1. The lowest BCUT2D eigenvalue weighted by Crippen LogP contribution is -2.24. The lowest BCUT2D eigenvalue weighted by atomic mass is 9.89. The molecular weight excluding hydrogens is 314 g/mol. The van der Waals surface area contributed by atoms with Gasteiger partial charge in [0.2, 0.25) is 5.91 Å². The second-order valence-corrected chi connectivity index (χ2v) is 6.52. The van der Waals surface area contributed by atoms with Crippen molar-refractivity contribution < 1.29 is 9.72 Å². The third kappa shape index (κ3) is 3.73. The Labute approximate surface area is 137 Å². The Balaban J connectivity index is 1.67. The number of aromatic nitrogens is 1. The third-order valence-corrected chi connectivity index (χ3v) is 4.84. The van der Waals surface area contributed by atoms with E-state index in [0.717, 1.165) is 31.2 Å². The zero-order chi connectivity index (χ0) is 16.2. The van der Waals surface area contributed by atoms with Crippen LogP contribution >= 0.6 is 11.3 Å². The molecule has 120 valence electrons. The quantitative estimate of drug-likeness (QED) is 0.671. The van der Waals surface area contributed by atoms with Crippen LogP contribution in [0.1, 0.15) is 32.1 Å². The van der Waals surface area contributed by atoms with Crippen molar-refractivity contribution in [2.75, 3.05) is 5.32 Å². The van der Waals surface area contributed by atoms with Crippen molar-refractivity contribution in [1.82, 2.24) is 4.98 Å². The molecule has 1 fully saturated rings. The van der Waals surface area contributed by atoms with Crippen LogP contribution in [-0.2, 0) is 4.79 Å². The average molecular weight is 331 g/mol. The number of hydrogen-bond donors (Lipinski definition) is 1. The minimum absolute atomic E-state index is 0.0503. The Morgan fingerprint density at radius 3 is 2.57 bits per heavy atom. The van der Waals surface area contributed by atoms with Gasteiger partial charge in [-0.25, -0.2) is 4.98 Å². The number of amides is 1. The lowest BCUT2D eigenvalue weighted by Gasteiger charge is -2.19. The average Bonchev–Trinajstić information content (AvgIpc) is 3.04. The van der Waals surface area contributed by atoms with Crippen LogP contribution in [-0.4, -0.2) is 15.8 Å². The highest BCUT2D eigenvalue weighted by Crippen LogP contribution is 2.28. The summed E-state index contributed by atoms with van der Waals surface area (Å²) in [7, 11) is 0. The molecule has 23 heavy (non-hydrogen) atoms. The first-order valence-electron chi connectivity index (χ1n) is 7.65. The third-order valence-electron chi connectivity index (χ3n) is 4.08. The first-order chi connectivity index (χ1) is 11.1.